The second kappa shape index (κ2) is 2.15. The maximum atomic E-state index is 10.8. The lowest BCUT2D eigenvalue weighted by atomic mass is 10.4. The summed E-state index contributed by atoms with van der Waals surface area (Å²) in [5.41, 5.74) is 2.87. The Morgan fingerprint density at radius 3 is 3.36 bits per heavy atom. The Morgan fingerprint density at radius 2 is 2.45 bits per heavy atom. The van der Waals surface area contributed by atoms with Crippen molar-refractivity contribution in [2.75, 3.05) is 5.32 Å². The molecule has 0 saturated carbocycles. The van der Waals surface area contributed by atoms with E-state index in [0.717, 1.165) is 5.82 Å². The molecule has 0 spiro atoms. The number of anilines is 1. The zero-order valence-corrected chi connectivity index (χ0v) is 5.74. The number of nitrogens with one attached hydrogen (secondary N) is 1. The van der Waals surface area contributed by atoms with Gasteiger partial charge in [0.05, 0.1) is 6.20 Å². The molecule has 1 aliphatic heterocycles. The van der Waals surface area contributed by atoms with Gasteiger partial charge in [-0.1, -0.05) is 5.73 Å². The summed E-state index contributed by atoms with van der Waals surface area (Å²) in [6.45, 7) is 0. The molecule has 2 rings (SSSR count). The molecule has 0 bridgehead atoms. The molecule has 2 heterocycles. The van der Waals surface area contributed by atoms with Gasteiger partial charge in [0, 0.05) is 24.5 Å². The van der Waals surface area contributed by atoms with E-state index in [1.807, 2.05) is 0 Å². The van der Waals surface area contributed by atoms with Gasteiger partial charge >= 0.3 is 0 Å². The first-order valence-electron chi connectivity index (χ1n) is 3.26. The number of aromatic nitrogens is 1. The first kappa shape index (κ1) is 6.01. The Hall–Kier alpha value is -1.73. The normalized spacial score (nSPS) is 12.4. The topological polar surface area (TPSA) is 34.0 Å². The molecular weight excluding hydrogens is 140 g/mol. The third kappa shape index (κ3) is 0.974. The van der Waals surface area contributed by atoms with Crippen LogP contribution in [0.1, 0.15) is 0 Å². The van der Waals surface area contributed by atoms with E-state index in [4.69, 9.17) is 0 Å². The molecule has 54 valence electrons. The van der Waals surface area contributed by atoms with E-state index >= 15 is 0 Å². The first-order chi connectivity index (χ1) is 5.36. The van der Waals surface area contributed by atoms with E-state index in [1.54, 1.807) is 23.2 Å². The Labute approximate surface area is 63.3 Å². The highest BCUT2D eigenvalue weighted by Gasteiger charge is 1.97. The number of nitrogens with zero attached hydrogens (tertiary/aromatic N) is 1. The Morgan fingerprint density at radius 1 is 1.55 bits per heavy atom. The zero-order valence-electron chi connectivity index (χ0n) is 5.74. The number of fused-ring (bicyclic) bond motifs is 1. The molecule has 1 aromatic rings. The Bertz CT molecular complexity index is 397. The van der Waals surface area contributed by atoms with Gasteiger partial charge in [-0.05, 0) is 0 Å². The summed E-state index contributed by atoms with van der Waals surface area (Å²) in [5.74, 6) is 0.774. The van der Waals surface area contributed by atoms with Crippen LogP contribution in [0.4, 0.5) is 5.82 Å². The molecule has 0 saturated heterocycles. The van der Waals surface area contributed by atoms with Gasteiger partial charge in [0.25, 0.3) is 0 Å². The van der Waals surface area contributed by atoms with Crippen molar-refractivity contribution < 1.29 is 0 Å². The van der Waals surface area contributed by atoms with Crippen molar-refractivity contribution in [1.82, 2.24) is 4.57 Å². The first-order valence-corrected chi connectivity index (χ1v) is 3.26. The molecule has 0 atom stereocenters. The fourth-order valence-electron chi connectivity index (χ4n) is 0.953. The SMILES string of the molecule is O=c1ccn2c(c1)NC=C=C2. The molecule has 3 nitrogen and oxygen atoms in total. The van der Waals surface area contributed by atoms with Crippen LogP contribution in [0.5, 0.6) is 0 Å². The van der Waals surface area contributed by atoms with E-state index < -0.39 is 0 Å². The Balaban J connectivity index is 2.69. The summed E-state index contributed by atoms with van der Waals surface area (Å²) >= 11 is 0. The van der Waals surface area contributed by atoms with Crippen LogP contribution in [0.2, 0.25) is 0 Å². The lowest BCUT2D eigenvalue weighted by Gasteiger charge is -2.08. The second-order valence-corrected chi connectivity index (χ2v) is 2.24. The van der Waals surface area contributed by atoms with Gasteiger partial charge in [0.2, 0.25) is 0 Å². The van der Waals surface area contributed by atoms with Gasteiger partial charge in [0.1, 0.15) is 5.82 Å². The van der Waals surface area contributed by atoms with E-state index in [2.05, 4.69) is 11.0 Å². The summed E-state index contributed by atoms with van der Waals surface area (Å²) in [5, 5.41) is 2.90. The van der Waals surface area contributed by atoms with Crippen molar-refractivity contribution in [2.45, 2.75) is 0 Å². The molecule has 0 amide bonds. The lowest BCUT2D eigenvalue weighted by molar-refractivity contribution is 1.11. The maximum Gasteiger partial charge on any atom is 0.183 e. The molecular formula is C8H6N2O. The summed E-state index contributed by atoms with van der Waals surface area (Å²) in [6, 6.07) is 3.04. The van der Waals surface area contributed by atoms with Crippen LogP contribution in [0.25, 0.3) is 6.20 Å². The molecule has 0 aromatic carbocycles. The van der Waals surface area contributed by atoms with Crippen molar-refractivity contribution in [3.63, 3.8) is 0 Å². The van der Waals surface area contributed by atoms with Crippen molar-refractivity contribution >= 4 is 12.0 Å². The van der Waals surface area contributed by atoms with E-state index in [-0.39, 0.29) is 5.43 Å². The van der Waals surface area contributed by atoms with Gasteiger partial charge < -0.3 is 9.88 Å². The molecule has 1 N–H and O–H groups in total. The third-order valence-corrected chi connectivity index (χ3v) is 1.47. The molecule has 3 heteroatoms. The number of pyridine rings is 1. The zero-order chi connectivity index (χ0) is 7.68. The van der Waals surface area contributed by atoms with Crippen LogP contribution < -0.4 is 10.7 Å². The third-order valence-electron chi connectivity index (χ3n) is 1.47. The summed E-state index contributed by atoms with van der Waals surface area (Å²) < 4.78 is 1.79. The van der Waals surface area contributed by atoms with Gasteiger partial charge in [-0.2, -0.15) is 0 Å². The highest BCUT2D eigenvalue weighted by Crippen LogP contribution is 2.06. The molecule has 0 unspecified atom stereocenters. The van der Waals surface area contributed by atoms with Crippen LogP contribution in [0, 0.1) is 0 Å². The Kier molecular flexibility index (Phi) is 1.17. The van der Waals surface area contributed by atoms with Crippen molar-refractivity contribution in [1.29, 1.82) is 0 Å². The van der Waals surface area contributed by atoms with E-state index in [1.165, 1.54) is 12.1 Å². The fraction of sp³-hybridized carbons (Fsp3) is 0. The van der Waals surface area contributed by atoms with E-state index in [0.29, 0.717) is 0 Å². The number of rotatable bonds is 0. The predicted octanol–water partition coefficient (Wildman–Crippen LogP) is 0.857. The second-order valence-electron chi connectivity index (χ2n) is 2.24. The van der Waals surface area contributed by atoms with Crippen molar-refractivity contribution in [3.8, 4) is 0 Å². The minimum absolute atomic E-state index is 0.00690. The maximum absolute atomic E-state index is 10.8. The molecule has 1 aromatic heterocycles. The minimum Gasteiger partial charge on any atom is -0.341 e. The highest BCUT2D eigenvalue weighted by molar-refractivity contribution is 5.49. The minimum atomic E-state index is 0.00690. The van der Waals surface area contributed by atoms with Crippen molar-refractivity contribution in [2.24, 2.45) is 0 Å². The standard InChI is InChI=1S/C8H6N2O/c11-7-2-5-10-4-1-3-9-8(10)6-7/h2-6,9H. The van der Waals surface area contributed by atoms with E-state index in [9.17, 15) is 4.79 Å². The smallest absolute Gasteiger partial charge is 0.183 e. The lowest BCUT2D eigenvalue weighted by Crippen LogP contribution is -2.07. The average Bonchev–Trinajstić information content (AvgIpc) is 2.04. The number of hydrogen-bond donors (Lipinski definition) is 1. The summed E-state index contributed by atoms with van der Waals surface area (Å²) in [7, 11) is 0. The van der Waals surface area contributed by atoms with Crippen LogP contribution >= 0.6 is 0 Å². The molecule has 0 radical (unpaired) electrons. The summed E-state index contributed by atoms with van der Waals surface area (Å²) in [6.07, 6.45) is 5.12. The molecule has 0 aliphatic carbocycles. The monoisotopic (exact) mass is 146 g/mol. The molecule has 0 fully saturated rings. The van der Waals surface area contributed by atoms with Crippen LogP contribution in [0.15, 0.2) is 35.1 Å². The quantitative estimate of drug-likeness (QED) is 0.551. The molecule has 11 heavy (non-hydrogen) atoms. The van der Waals surface area contributed by atoms with Gasteiger partial charge in [0.15, 0.2) is 5.43 Å². The highest BCUT2D eigenvalue weighted by atomic mass is 16.1. The average molecular weight is 146 g/mol. The molecule has 1 aliphatic rings. The largest absolute Gasteiger partial charge is 0.341 e. The van der Waals surface area contributed by atoms with Crippen LogP contribution in [-0.2, 0) is 0 Å². The van der Waals surface area contributed by atoms with Crippen molar-refractivity contribution in [3.05, 3.63) is 40.5 Å². The van der Waals surface area contributed by atoms with Gasteiger partial charge in [-0.3, -0.25) is 4.79 Å². The predicted molar refractivity (Wildman–Crippen MR) is 43.2 cm³/mol. The number of hydrogen-bond acceptors (Lipinski definition) is 2. The van der Waals surface area contributed by atoms with Gasteiger partial charge in [-0.25, -0.2) is 0 Å². The summed E-state index contributed by atoms with van der Waals surface area (Å²) in [4.78, 5) is 10.8. The van der Waals surface area contributed by atoms with Crippen LogP contribution in [-0.4, -0.2) is 4.57 Å². The van der Waals surface area contributed by atoms with Crippen LogP contribution in [0.3, 0.4) is 0 Å². The van der Waals surface area contributed by atoms with Gasteiger partial charge in [-0.15, -0.1) is 0 Å². The fourth-order valence-corrected chi connectivity index (χ4v) is 0.953.